The zero-order chi connectivity index (χ0) is 12.4. The zero-order valence-corrected chi connectivity index (χ0v) is 10.2. The molecule has 92 valence electrons. The van der Waals surface area contributed by atoms with Gasteiger partial charge in [-0.1, -0.05) is 13.3 Å². The molecule has 0 saturated heterocycles. The molecule has 0 radical (unpaired) electrons. The Kier molecular flexibility index (Phi) is 3.22. The molecule has 1 fully saturated rings. The Morgan fingerprint density at radius 2 is 2.35 bits per heavy atom. The number of nitrogens with one attached hydrogen (secondary N) is 1. The summed E-state index contributed by atoms with van der Waals surface area (Å²) in [5, 5.41) is 2.99. The highest BCUT2D eigenvalue weighted by molar-refractivity contribution is 5.99. The highest BCUT2D eigenvalue weighted by Crippen LogP contribution is 2.33. The van der Waals surface area contributed by atoms with Crippen LogP contribution in [0.4, 0.5) is 5.69 Å². The number of nitrogen functional groups attached to an aromatic ring is 1. The molecule has 0 spiro atoms. The summed E-state index contributed by atoms with van der Waals surface area (Å²) in [5.41, 5.74) is 6.77. The maximum atomic E-state index is 12.0. The first-order chi connectivity index (χ1) is 8.15. The summed E-state index contributed by atoms with van der Waals surface area (Å²) in [7, 11) is 1.57. The first-order valence-corrected chi connectivity index (χ1v) is 5.90. The highest BCUT2D eigenvalue weighted by atomic mass is 16.5. The Morgan fingerprint density at radius 3 is 2.94 bits per heavy atom. The molecule has 2 atom stereocenters. The summed E-state index contributed by atoms with van der Waals surface area (Å²) >= 11 is 0. The van der Waals surface area contributed by atoms with Gasteiger partial charge in [0.2, 0.25) is 0 Å². The molecule has 1 saturated carbocycles. The third-order valence-corrected chi connectivity index (χ3v) is 3.27. The van der Waals surface area contributed by atoms with Gasteiger partial charge in [-0.15, -0.1) is 0 Å². The number of methoxy groups -OCH3 is 1. The second kappa shape index (κ2) is 4.65. The van der Waals surface area contributed by atoms with E-state index in [-0.39, 0.29) is 5.91 Å². The number of hydrogen-bond donors (Lipinski definition) is 2. The minimum atomic E-state index is -0.109. The first-order valence-electron chi connectivity index (χ1n) is 5.90. The summed E-state index contributed by atoms with van der Waals surface area (Å²) in [5.74, 6) is 1.17. The van der Waals surface area contributed by atoms with E-state index in [2.05, 4.69) is 12.2 Å². The van der Waals surface area contributed by atoms with E-state index < -0.39 is 0 Å². The lowest BCUT2D eigenvalue weighted by Crippen LogP contribution is -2.27. The van der Waals surface area contributed by atoms with Crippen molar-refractivity contribution in [2.75, 3.05) is 12.8 Å². The van der Waals surface area contributed by atoms with Crippen molar-refractivity contribution in [3.8, 4) is 5.75 Å². The number of anilines is 1. The van der Waals surface area contributed by atoms with Gasteiger partial charge in [-0.05, 0) is 30.5 Å². The van der Waals surface area contributed by atoms with Gasteiger partial charge < -0.3 is 15.8 Å². The fourth-order valence-electron chi connectivity index (χ4n) is 1.98. The van der Waals surface area contributed by atoms with Crippen molar-refractivity contribution in [2.45, 2.75) is 25.8 Å². The largest absolute Gasteiger partial charge is 0.497 e. The van der Waals surface area contributed by atoms with Crippen molar-refractivity contribution in [2.24, 2.45) is 5.92 Å². The van der Waals surface area contributed by atoms with Gasteiger partial charge in [0.25, 0.3) is 5.91 Å². The second-order valence-corrected chi connectivity index (χ2v) is 4.44. The van der Waals surface area contributed by atoms with Gasteiger partial charge in [0.1, 0.15) is 5.75 Å². The van der Waals surface area contributed by atoms with Gasteiger partial charge in [0, 0.05) is 11.7 Å². The average molecular weight is 234 g/mol. The smallest absolute Gasteiger partial charge is 0.253 e. The minimum absolute atomic E-state index is 0.109. The quantitative estimate of drug-likeness (QED) is 0.781. The van der Waals surface area contributed by atoms with Crippen LogP contribution in [0.3, 0.4) is 0 Å². The molecule has 2 rings (SSSR count). The molecule has 1 amide bonds. The summed E-state index contributed by atoms with van der Waals surface area (Å²) in [4.78, 5) is 12.0. The number of rotatable bonds is 4. The van der Waals surface area contributed by atoms with Crippen LogP contribution in [-0.4, -0.2) is 19.1 Å². The van der Waals surface area contributed by atoms with E-state index in [0.717, 1.165) is 12.8 Å². The fraction of sp³-hybridized carbons (Fsp3) is 0.462. The predicted octanol–water partition coefficient (Wildman–Crippen LogP) is 1.81. The van der Waals surface area contributed by atoms with E-state index in [4.69, 9.17) is 10.5 Å². The molecule has 4 nitrogen and oxygen atoms in total. The third-order valence-electron chi connectivity index (χ3n) is 3.27. The standard InChI is InChI=1S/C13H18N2O2/c1-3-8-6-12(8)15-13(16)10-7-9(17-2)4-5-11(10)14/h4-5,7-8,12H,3,6,14H2,1-2H3,(H,15,16). The fourth-order valence-corrected chi connectivity index (χ4v) is 1.98. The van der Waals surface area contributed by atoms with Crippen LogP contribution in [0.2, 0.25) is 0 Å². The number of nitrogens with two attached hydrogens (primary N) is 1. The van der Waals surface area contributed by atoms with Crippen LogP contribution in [-0.2, 0) is 0 Å². The van der Waals surface area contributed by atoms with Gasteiger partial charge in [0.05, 0.1) is 12.7 Å². The molecule has 3 N–H and O–H groups in total. The van der Waals surface area contributed by atoms with Crippen molar-refractivity contribution in [1.82, 2.24) is 5.32 Å². The van der Waals surface area contributed by atoms with Crippen LogP contribution < -0.4 is 15.8 Å². The Hall–Kier alpha value is -1.71. The summed E-state index contributed by atoms with van der Waals surface area (Å²) in [6.07, 6.45) is 2.19. The van der Waals surface area contributed by atoms with Gasteiger partial charge in [0.15, 0.2) is 0 Å². The van der Waals surface area contributed by atoms with E-state index in [1.807, 2.05) is 0 Å². The molecule has 1 aromatic rings. The maximum absolute atomic E-state index is 12.0. The van der Waals surface area contributed by atoms with Gasteiger partial charge in [-0.2, -0.15) is 0 Å². The summed E-state index contributed by atoms with van der Waals surface area (Å²) < 4.78 is 5.09. The lowest BCUT2D eigenvalue weighted by molar-refractivity contribution is 0.0949. The molecular formula is C13H18N2O2. The van der Waals surface area contributed by atoms with Crippen molar-refractivity contribution in [1.29, 1.82) is 0 Å². The number of carbonyl (C=O) groups is 1. The number of ether oxygens (including phenoxy) is 1. The zero-order valence-electron chi connectivity index (χ0n) is 10.2. The number of amides is 1. The number of carbonyl (C=O) groups excluding carboxylic acids is 1. The molecule has 2 unspecified atom stereocenters. The van der Waals surface area contributed by atoms with Crippen LogP contribution in [0.1, 0.15) is 30.1 Å². The van der Waals surface area contributed by atoms with Gasteiger partial charge >= 0.3 is 0 Å². The van der Waals surface area contributed by atoms with Crippen LogP contribution in [0.25, 0.3) is 0 Å². The molecule has 1 aliphatic rings. The Morgan fingerprint density at radius 1 is 1.59 bits per heavy atom. The monoisotopic (exact) mass is 234 g/mol. The average Bonchev–Trinajstić information content (AvgIpc) is 3.08. The number of benzene rings is 1. The SMILES string of the molecule is CCC1CC1NC(=O)c1cc(OC)ccc1N. The van der Waals surface area contributed by atoms with Crippen LogP contribution >= 0.6 is 0 Å². The Labute approximate surface area is 101 Å². The van der Waals surface area contributed by atoms with E-state index in [9.17, 15) is 4.79 Å². The van der Waals surface area contributed by atoms with Crippen LogP contribution in [0.5, 0.6) is 5.75 Å². The minimum Gasteiger partial charge on any atom is -0.497 e. The Balaban J connectivity index is 2.08. The van der Waals surface area contributed by atoms with E-state index in [1.54, 1.807) is 25.3 Å². The van der Waals surface area contributed by atoms with E-state index in [1.165, 1.54) is 0 Å². The van der Waals surface area contributed by atoms with Crippen molar-refractivity contribution in [3.05, 3.63) is 23.8 Å². The molecule has 0 aliphatic heterocycles. The third kappa shape index (κ3) is 2.52. The molecule has 4 heteroatoms. The highest BCUT2D eigenvalue weighted by Gasteiger charge is 2.36. The lowest BCUT2D eigenvalue weighted by Gasteiger charge is -2.08. The molecular weight excluding hydrogens is 216 g/mol. The second-order valence-electron chi connectivity index (χ2n) is 4.44. The maximum Gasteiger partial charge on any atom is 0.253 e. The summed E-state index contributed by atoms with van der Waals surface area (Å²) in [6, 6.07) is 5.43. The number of hydrogen-bond acceptors (Lipinski definition) is 3. The van der Waals surface area contributed by atoms with E-state index in [0.29, 0.717) is 29.0 Å². The normalized spacial score (nSPS) is 22.0. The molecule has 1 aliphatic carbocycles. The van der Waals surface area contributed by atoms with Crippen molar-refractivity contribution in [3.63, 3.8) is 0 Å². The van der Waals surface area contributed by atoms with Crippen molar-refractivity contribution < 1.29 is 9.53 Å². The molecule has 1 aromatic carbocycles. The van der Waals surface area contributed by atoms with Crippen LogP contribution in [0.15, 0.2) is 18.2 Å². The molecule has 0 bridgehead atoms. The van der Waals surface area contributed by atoms with Gasteiger partial charge in [-0.25, -0.2) is 0 Å². The van der Waals surface area contributed by atoms with Gasteiger partial charge in [-0.3, -0.25) is 4.79 Å². The summed E-state index contributed by atoms with van der Waals surface area (Å²) in [6.45, 7) is 2.14. The molecule has 0 aromatic heterocycles. The topological polar surface area (TPSA) is 64.3 Å². The van der Waals surface area contributed by atoms with Crippen molar-refractivity contribution >= 4 is 11.6 Å². The molecule has 17 heavy (non-hydrogen) atoms. The van der Waals surface area contributed by atoms with E-state index >= 15 is 0 Å². The molecule has 0 heterocycles. The Bertz CT molecular complexity index is 431. The predicted molar refractivity (Wildman–Crippen MR) is 67.1 cm³/mol. The van der Waals surface area contributed by atoms with Crippen LogP contribution in [0, 0.1) is 5.92 Å². The lowest BCUT2D eigenvalue weighted by atomic mass is 10.1. The first kappa shape index (κ1) is 11.8.